The first-order valence-electron chi connectivity index (χ1n) is 5.87. The van der Waals surface area contributed by atoms with Crippen LogP contribution in [0.3, 0.4) is 0 Å². The van der Waals surface area contributed by atoms with Gasteiger partial charge in [-0.2, -0.15) is 0 Å². The summed E-state index contributed by atoms with van der Waals surface area (Å²) in [5.74, 6) is 0.114. The van der Waals surface area contributed by atoms with Crippen LogP contribution >= 0.6 is 15.9 Å². The Hall–Kier alpha value is -0.550. The van der Waals surface area contributed by atoms with E-state index in [4.69, 9.17) is 0 Å². The quantitative estimate of drug-likeness (QED) is 0.839. The number of sulfonamides is 1. The van der Waals surface area contributed by atoms with Gasteiger partial charge in [-0.25, -0.2) is 8.42 Å². The molecule has 0 spiro atoms. The molecule has 0 atom stereocenters. The Morgan fingerprint density at radius 3 is 2.17 bits per heavy atom. The second-order valence-electron chi connectivity index (χ2n) is 5.56. The van der Waals surface area contributed by atoms with Crippen molar-refractivity contribution in [3.8, 4) is 0 Å². The highest BCUT2D eigenvalue weighted by Gasteiger charge is 2.21. The highest BCUT2D eigenvalue weighted by Crippen LogP contribution is 2.19. The van der Waals surface area contributed by atoms with Gasteiger partial charge in [-0.3, -0.25) is 4.72 Å². The number of rotatable bonds is 5. The highest BCUT2D eigenvalue weighted by atomic mass is 79.9. The van der Waals surface area contributed by atoms with Crippen LogP contribution in [0.4, 0.5) is 5.69 Å². The van der Waals surface area contributed by atoms with Crippen LogP contribution in [0, 0.1) is 5.41 Å². The van der Waals surface area contributed by atoms with E-state index < -0.39 is 10.0 Å². The number of benzene rings is 1. The van der Waals surface area contributed by atoms with Gasteiger partial charge in [0.25, 0.3) is 0 Å². The predicted octanol–water partition coefficient (Wildman–Crippen LogP) is 3.41. The van der Waals surface area contributed by atoms with Crippen molar-refractivity contribution >= 4 is 31.6 Å². The first-order valence-corrected chi connectivity index (χ1v) is 8.65. The van der Waals surface area contributed by atoms with E-state index in [1.54, 1.807) is 12.1 Å². The Balaban J connectivity index is 2.72. The maximum absolute atomic E-state index is 11.9. The monoisotopic (exact) mass is 333 g/mol. The van der Waals surface area contributed by atoms with Crippen molar-refractivity contribution < 1.29 is 8.42 Å². The fourth-order valence-corrected chi connectivity index (χ4v) is 3.80. The summed E-state index contributed by atoms with van der Waals surface area (Å²) < 4.78 is 26.4. The average Bonchev–Trinajstić information content (AvgIpc) is 2.17. The Kier molecular flexibility index (Phi) is 5.22. The largest absolute Gasteiger partial charge is 0.284 e. The second kappa shape index (κ2) is 6.06. The maximum Gasteiger partial charge on any atom is 0.233 e. The van der Waals surface area contributed by atoms with E-state index in [0.717, 1.165) is 11.8 Å². The normalized spacial score (nSPS) is 12.4. The molecule has 0 radical (unpaired) electrons. The molecule has 102 valence electrons. The van der Waals surface area contributed by atoms with Crippen LogP contribution in [0.2, 0.25) is 0 Å². The van der Waals surface area contributed by atoms with E-state index in [0.29, 0.717) is 5.69 Å². The van der Waals surface area contributed by atoms with Crippen LogP contribution in [-0.2, 0) is 16.4 Å². The van der Waals surface area contributed by atoms with Gasteiger partial charge in [0.05, 0.1) is 5.75 Å². The van der Waals surface area contributed by atoms with Crippen LogP contribution in [0.5, 0.6) is 0 Å². The minimum absolute atomic E-state index is 0.114. The first-order chi connectivity index (χ1) is 8.22. The molecule has 18 heavy (non-hydrogen) atoms. The second-order valence-corrected chi connectivity index (χ2v) is 8.07. The van der Waals surface area contributed by atoms with Crippen molar-refractivity contribution in [3.05, 3.63) is 29.8 Å². The van der Waals surface area contributed by atoms with Gasteiger partial charge in [0.1, 0.15) is 0 Å². The summed E-state index contributed by atoms with van der Waals surface area (Å²) in [6, 6.07) is 7.49. The zero-order chi connectivity index (χ0) is 13.8. The molecule has 0 aromatic heterocycles. The van der Waals surface area contributed by atoms with Gasteiger partial charge in [0.15, 0.2) is 0 Å². The smallest absolute Gasteiger partial charge is 0.233 e. The summed E-state index contributed by atoms with van der Waals surface area (Å²) in [4.78, 5) is 0. The number of hydrogen-bond donors (Lipinski definition) is 1. The Morgan fingerprint density at radius 1 is 1.17 bits per heavy atom. The van der Waals surface area contributed by atoms with E-state index in [2.05, 4.69) is 20.7 Å². The summed E-state index contributed by atoms with van der Waals surface area (Å²) >= 11 is 3.37. The van der Waals surface area contributed by atoms with Gasteiger partial charge in [-0.1, -0.05) is 48.8 Å². The lowest BCUT2D eigenvalue weighted by molar-refractivity contribution is 0.463. The molecule has 0 heterocycles. The SMILES string of the molecule is CC(C)(C)CS(=O)(=O)Nc1ccc(CCBr)cc1. The third-order valence-electron chi connectivity index (χ3n) is 2.23. The van der Waals surface area contributed by atoms with Crippen LogP contribution in [-0.4, -0.2) is 19.5 Å². The van der Waals surface area contributed by atoms with E-state index in [1.165, 1.54) is 5.56 Å². The lowest BCUT2D eigenvalue weighted by Crippen LogP contribution is -2.26. The molecular weight excluding hydrogens is 314 g/mol. The number of anilines is 1. The van der Waals surface area contributed by atoms with Crippen molar-refractivity contribution in [2.24, 2.45) is 5.41 Å². The molecule has 0 amide bonds. The van der Waals surface area contributed by atoms with Crippen molar-refractivity contribution in [1.82, 2.24) is 0 Å². The summed E-state index contributed by atoms with van der Waals surface area (Å²) in [5.41, 5.74) is 1.56. The molecular formula is C13H20BrNO2S. The third-order valence-corrected chi connectivity index (χ3v) is 4.42. The third kappa shape index (κ3) is 5.87. The fourth-order valence-electron chi connectivity index (χ4n) is 1.63. The van der Waals surface area contributed by atoms with Gasteiger partial charge >= 0.3 is 0 Å². The number of halogens is 1. The van der Waals surface area contributed by atoms with Crippen LogP contribution in [0.25, 0.3) is 0 Å². The summed E-state index contributed by atoms with van der Waals surface area (Å²) in [5, 5.41) is 0.905. The molecule has 1 N–H and O–H groups in total. The van der Waals surface area contributed by atoms with E-state index in [-0.39, 0.29) is 11.2 Å². The molecule has 3 nitrogen and oxygen atoms in total. The van der Waals surface area contributed by atoms with Crippen LogP contribution in [0.15, 0.2) is 24.3 Å². The predicted molar refractivity (Wildman–Crippen MR) is 80.8 cm³/mol. The molecule has 1 aromatic rings. The topological polar surface area (TPSA) is 46.2 Å². The Bertz CT molecular complexity index is 475. The molecule has 1 rings (SSSR count). The van der Waals surface area contributed by atoms with Crippen molar-refractivity contribution in [2.45, 2.75) is 27.2 Å². The number of hydrogen-bond acceptors (Lipinski definition) is 2. The number of aryl methyl sites for hydroxylation is 1. The molecule has 0 aliphatic rings. The molecule has 0 saturated heterocycles. The van der Waals surface area contributed by atoms with E-state index >= 15 is 0 Å². The average molecular weight is 334 g/mol. The Labute approximate surface area is 118 Å². The summed E-state index contributed by atoms with van der Waals surface area (Å²) in [6.45, 7) is 5.72. The van der Waals surface area contributed by atoms with Gasteiger partial charge in [-0.05, 0) is 29.5 Å². The van der Waals surface area contributed by atoms with Gasteiger partial charge in [-0.15, -0.1) is 0 Å². The van der Waals surface area contributed by atoms with Crippen molar-refractivity contribution in [2.75, 3.05) is 15.8 Å². The lowest BCUT2D eigenvalue weighted by atomic mass is 10.0. The maximum atomic E-state index is 11.9. The summed E-state index contributed by atoms with van der Waals surface area (Å²) in [7, 11) is -3.28. The van der Waals surface area contributed by atoms with E-state index in [1.807, 2.05) is 32.9 Å². The molecule has 0 aliphatic heterocycles. The van der Waals surface area contributed by atoms with Crippen molar-refractivity contribution in [3.63, 3.8) is 0 Å². The molecule has 5 heteroatoms. The Morgan fingerprint density at radius 2 is 1.72 bits per heavy atom. The van der Waals surface area contributed by atoms with Crippen LogP contribution in [0.1, 0.15) is 26.3 Å². The standard InChI is InChI=1S/C13H20BrNO2S/c1-13(2,3)10-18(16,17)15-12-6-4-11(5-7-12)8-9-14/h4-7,15H,8-10H2,1-3H3. The van der Waals surface area contributed by atoms with Crippen LogP contribution < -0.4 is 4.72 Å². The molecule has 0 aliphatic carbocycles. The molecule has 0 bridgehead atoms. The van der Waals surface area contributed by atoms with Gasteiger partial charge < -0.3 is 0 Å². The molecule has 0 unspecified atom stereocenters. The van der Waals surface area contributed by atoms with E-state index in [9.17, 15) is 8.42 Å². The van der Waals surface area contributed by atoms with Gasteiger partial charge in [0.2, 0.25) is 10.0 Å². The summed E-state index contributed by atoms with van der Waals surface area (Å²) in [6.07, 6.45) is 0.940. The minimum Gasteiger partial charge on any atom is -0.284 e. The highest BCUT2D eigenvalue weighted by molar-refractivity contribution is 9.09. The zero-order valence-corrected chi connectivity index (χ0v) is 13.4. The molecule has 1 aromatic carbocycles. The number of alkyl halides is 1. The van der Waals surface area contributed by atoms with Gasteiger partial charge in [0, 0.05) is 11.0 Å². The molecule has 0 fully saturated rings. The molecule has 0 saturated carbocycles. The zero-order valence-electron chi connectivity index (χ0n) is 11.0. The minimum atomic E-state index is -3.28. The lowest BCUT2D eigenvalue weighted by Gasteiger charge is -2.18. The fraction of sp³-hybridized carbons (Fsp3) is 0.538. The van der Waals surface area contributed by atoms with Crippen molar-refractivity contribution in [1.29, 1.82) is 0 Å². The number of nitrogens with one attached hydrogen (secondary N) is 1. The first kappa shape index (κ1) is 15.5.